The van der Waals surface area contributed by atoms with Crippen LogP contribution in [0.5, 0.6) is 0 Å². The third-order valence-electron chi connectivity index (χ3n) is 4.39. The normalized spacial score (nSPS) is 12.9. The van der Waals surface area contributed by atoms with E-state index in [2.05, 4.69) is 58.2 Å². The molecule has 2 aromatic rings. The van der Waals surface area contributed by atoms with Gasteiger partial charge in [-0.1, -0.05) is 36.4 Å². The fourth-order valence-electron chi connectivity index (χ4n) is 2.68. The van der Waals surface area contributed by atoms with E-state index in [1.54, 1.807) is 14.1 Å². The van der Waals surface area contributed by atoms with Gasteiger partial charge in [-0.15, -0.1) is 24.0 Å². The van der Waals surface area contributed by atoms with E-state index in [0.29, 0.717) is 12.5 Å². The van der Waals surface area contributed by atoms with Crippen LogP contribution in [-0.4, -0.2) is 32.5 Å². The third kappa shape index (κ3) is 5.59. The number of benzene rings is 2. The number of halogens is 1. The van der Waals surface area contributed by atoms with Gasteiger partial charge in [0.2, 0.25) is 5.91 Å². The average molecular weight is 468 g/mol. The minimum absolute atomic E-state index is 0. The molecule has 0 saturated heterocycles. The van der Waals surface area contributed by atoms with E-state index < -0.39 is 5.41 Å². The first-order chi connectivity index (χ1) is 11.9. The molecule has 1 amide bonds. The summed E-state index contributed by atoms with van der Waals surface area (Å²) < 4.78 is 0. The van der Waals surface area contributed by atoms with Crippen LogP contribution in [0.2, 0.25) is 0 Å². The maximum absolute atomic E-state index is 11.9. The summed E-state index contributed by atoms with van der Waals surface area (Å²) in [5.41, 5.74) is 0.672. The first kappa shape index (κ1) is 22.2. The Balaban J connectivity index is 0.00000338. The van der Waals surface area contributed by atoms with Gasteiger partial charge < -0.3 is 16.0 Å². The highest BCUT2D eigenvalue weighted by atomic mass is 127. The maximum atomic E-state index is 11.9. The van der Waals surface area contributed by atoms with E-state index in [1.165, 1.54) is 16.3 Å². The molecule has 5 nitrogen and oxygen atoms in total. The molecule has 1 atom stereocenters. The minimum atomic E-state index is -0.515. The molecule has 0 aliphatic carbocycles. The van der Waals surface area contributed by atoms with Gasteiger partial charge in [0.15, 0.2) is 5.96 Å². The smallest absolute Gasteiger partial charge is 0.227 e. The van der Waals surface area contributed by atoms with Crippen LogP contribution in [0.25, 0.3) is 10.8 Å². The van der Waals surface area contributed by atoms with Gasteiger partial charge >= 0.3 is 0 Å². The number of nitrogens with one attached hydrogen (secondary N) is 3. The Kier molecular flexibility index (Phi) is 8.33. The summed E-state index contributed by atoms with van der Waals surface area (Å²) >= 11 is 0. The standard InChI is InChI=1S/C20H28N4O.HI/c1-14(16-11-10-15-8-6-7-9-17(15)12-16)24-19(22-5)23-13-20(2,3)18(25)21-4;/h6-12,14H,13H2,1-5H3,(H,21,25)(H2,22,23,24);1H. The van der Waals surface area contributed by atoms with Crippen LogP contribution in [0.15, 0.2) is 47.5 Å². The molecule has 3 N–H and O–H groups in total. The van der Waals surface area contributed by atoms with Crippen molar-refractivity contribution < 1.29 is 4.79 Å². The zero-order valence-corrected chi connectivity index (χ0v) is 18.4. The lowest BCUT2D eigenvalue weighted by molar-refractivity contribution is -0.128. The summed E-state index contributed by atoms with van der Waals surface area (Å²) in [6.07, 6.45) is 0. The SMILES string of the molecule is CN=C(NCC(C)(C)C(=O)NC)NC(C)c1ccc2ccccc2c1.I. The summed E-state index contributed by atoms with van der Waals surface area (Å²) in [5, 5.41) is 11.8. The Morgan fingerprint density at radius 2 is 1.81 bits per heavy atom. The van der Waals surface area contributed by atoms with Crippen LogP contribution in [0, 0.1) is 5.41 Å². The summed E-state index contributed by atoms with van der Waals surface area (Å²) in [7, 11) is 3.38. The van der Waals surface area contributed by atoms with Gasteiger partial charge in [-0.2, -0.15) is 0 Å². The van der Waals surface area contributed by atoms with Crippen molar-refractivity contribution in [1.82, 2.24) is 16.0 Å². The van der Waals surface area contributed by atoms with E-state index in [4.69, 9.17) is 0 Å². The number of aliphatic imine (C=N–C) groups is 1. The van der Waals surface area contributed by atoms with E-state index in [1.807, 2.05) is 26.0 Å². The Labute approximate surface area is 173 Å². The van der Waals surface area contributed by atoms with E-state index in [9.17, 15) is 4.79 Å². The Morgan fingerprint density at radius 1 is 1.15 bits per heavy atom. The lowest BCUT2D eigenvalue weighted by atomic mass is 9.92. The largest absolute Gasteiger partial charge is 0.359 e. The number of nitrogens with zero attached hydrogens (tertiary/aromatic N) is 1. The molecule has 0 saturated carbocycles. The van der Waals surface area contributed by atoms with Crippen molar-refractivity contribution in [2.75, 3.05) is 20.6 Å². The molecular weight excluding hydrogens is 439 g/mol. The molecule has 0 aliphatic rings. The van der Waals surface area contributed by atoms with Crippen molar-refractivity contribution in [2.24, 2.45) is 10.4 Å². The molecule has 0 aliphatic heterocycles. The van der Waals surface area contributed by atoms with Gasteiger partial charge in [-0.25, -0.2) is 0 Å². The zero-order valence-electron chi connectivity index (χ0n) is 16.1. The molecule has 2 aromatic carbocycles. The molecular formula is C20H29IN4O. The summed E-state index contributed by atoms with van der Waals surface area (Å²) in [4.78, 5) is 16.2. The van der Waals surface area contributed by atoms with Crippen molar-refractivity contribution in [1.29, 1.82) is 0 Å². The van der Waals surface area contributed by atoms with Crippen LogP contribution in [0.4, 0.5) is 0 Å². The van der Waals surface area contributed by atoms with Crippen molar-refractivity contribution in [3.63, 3.8) is 0 Å². The van der Waals surface area contributed by atoms with Gasteiger partial charge in [0.1, 0.15) is 0 Å². The average Bonchev–Trinajstić information content (AvgIpc) is 2.63. The number of rotatable bonds is 5. The van der Waals surface area contributed by atoms with Gasteiger partial charge in [0, 0.05) is 20.6 Å². The predicted octanol–water partition coefficient (Wildman–Crippen LogP) is 3.46. The molecule has 2 rings (SSSR count). The maximum Gasteiger partial charge on any atom is 0.227 e. The van der Waals surface area contributed by atoms with Gasteiger partial charge in [-0.05, 0) is 43.2 Å². The number of guanidine groups is 1. The number of hydrogen-bond acceptors (Lipinski definition) is 2. The van der Waals surface area contributed by atoms with Crippen molar-refractivity contribution >= 4 is 46.6 Å². The Hall–Kier alpha value is -1.83. The second kappa shape index (κ2) is 9.75. The van der Waals surface area contributed by atoms with Crippen molar-refractivity contribution in [3.05, 3.63) is 48.0 Å². The molecule has 1 unspecified atom stereocenters. The molecule has 0 aromatic heterocycles. The lowest BCUT2D eigenvalue weighted by Gasteiger charge is -2.25. The lowest BCUT2D eigenvalue weighted by Crippen LogP contribution is -2.47. The molecule has 0 radical (unpaired) electrons. The summed E-state index contributed by atoms with van der Waals surface area (Å²) in [5.74, 6) is 0.677. The number of hydrogen-bond donors (Lipinski definition) is 3. The fourth-order valence-corrected chi connectivity index (χ4v) is 2.68. The number of amides is 1. The second-order valence-electron chi connectivity index (χ2n) is 6.86. The molecule has 6 heteroatoms. The van der Waals surface area contributed by atoms with Crippen molar-refractivity contribution in [2.45, 2.75) is 26.8 Å². The predicted molar refractivity (Wildman–Crippen MR) is 120 cm³/mol. The highest BCUT2D eigenvalue weighted by molar-refractivity contribution is 14.0. The topological polar surface area (TPSA) is 65.5 Å². The number of carbonyl (C=O) groups is 1. The molecule has 0 spiro atoms. The molecule has 0 bridgehead atoms. The number of carbonyl (C=O) groups excluding carboxylic acids is 1. The zero-order chi connectivity index (χ0) is 18.4. The van der Waals surface area contributed by atoms with Crippen LogP contribution in [0.3, 0.4) is 0 Å². The highest BCUT2D eigenvalue weighted by Crippen LogP contribution is 2.20. The molecule has 142 valence electrons. The fraction of sp³-hybridized carbons (Fsp3) is 0.400. The van der Waals surface area contributed by atoms with Gasteiger partial charge in [-0.3, -0.25) is 9.79 Å². The van der Waals surface area contributed by atoms with Gasteiger partial charge in [0.25, 0.3) is 0 Å². The Morgan fingerprint density at radius 3 is 2.42 bits per heavy atom. The van der Waals surface area contributed by atoms with Crippen LogP contribution in [0.1, 0.15) is 32.4 Å². The van der Waals surface area contributed by atoms with Gasteiger partial charge in [0.05, 0.1) is 11.5 Å². The Bertz CT molecular complexity index is 773. The first-order valence-electron chi connectivity index (χ1n) is 8.55. The third-order valence-corrected chi connectivity index (χ3v) is 4.39. The summed E-state index contributed by atoms with van der Waals surface area (Å²) in [6.45, 7) is 6.40. The second-order valence-corrected chi connectivity index (χ2v) is 6.86. The minimum Gasteiger partial charge on any atom is -0.359 e. The van der Waals surface area contributed by atoms with Crippen LogP contribution >= 0.6 is 24.0 Å². The molecule has 0 fully saturated rings. The quantitative estimate of drug-likeness (QED) is 0.358. The van der Waals surface area contributed by atoms with E-state index in [-0.39, 0.29) is 35.9 Å². The van der Waals surface area contributed by atoms with E-state index >= 15 is 0 Å². The van der Waals surface area contributed by atoms with E-state index in [0.717, 1.165) is 0 Å². The van der Waals surface area contributed by atoms with Crippen LogP contribution in [-0.2, 0) is 4.79 Å². The van der Waals surface area contributed by atoms with Crippen LogP contribution < -0.4 is 16.0 Å². The summed E-state index contributed by atoms with van der Waals surface area (Å²) in [6, 6.07) is 14.9. The highest BCUT2D eigenvalue weighted by Gasteiger charge is 2.26. The molecule has 0 heterocycles. The molecule has 26 heavy (non-hydrogen) atoms. The first-order valence-corrected chi connectivity index (χ1v) is 8.55. The van der Waals surface area contributed by atoms with Crippen molar-refractivity contribution in [3.8, 4) is 0 Å². The monoisotopic (exact) mass is 468 g/mol. The number of fused-ring (bicyclic) bond motifs is 1.